The molecule has 0 bridgehead atoms. The Morgan fingerprint density at radius 3 is 2.64 bits per heavy atom. The van der Waals surface area contributed by atoms with Gasteiger partial charge in [-0.2, -0.15) is 0 Å². The lowest BCUT2D eigenvalue weighted by atomic mass is 10.0. The summed E-state index contributed by atoms with van der Waals surface area (Å²) in [5, 5.41) is 0. The van der Waals surface area contributed by atoms with Gasteiger partial charge in [0.2, 0.25) is 0 Å². The molecule has 1 aromatic carbocycles. The van der Waals surface area contributed by atoms with E-state index in [1.54, 1.807) is 0 Å². The fourth-order valence-corrected chi connectivity index (χ4v) is 1.71. The summed E-state index contributed by atoms with van der Waals surface area (Å²) in [5.74, 6) is 0.628. The zero-order valence-corrected chi connectivity index (χ0v) is 8.78. The lowest BCUT2D eigenvalue weighted by molar-refractivity contribution is 0.506. The smallest absolute Gasteiger partial charge is 0.130 e. The van der Waals surface area contributed by atoms with Gasteiger partial charge in [-0.05, 0) is 26.0 Å². The number of amidine groups is 1. The molecule has 74 valence electrons. The first kappa shape index (κ1) is 9.06. The van der Waals surface area contributed by atoms with Gasteiger partial charge in [0.15, 0.2) is 0 Å². The summed E-state index contributed by atoms with van der Waals surface area (Å²) in [6.45, 7) is 4.10. The molecule has 2 N–H and O–H groups in total. The van der Waals surface area contributed by atoms with Gasteiger partial charge in [0.1, 0.15) is 11.5 Å². The molecule has 0 unspecified atom stereocenters. The van der Waals surface area contributed by atoms with Gasteiger partial charge in [-0.25, -0.2) is 4.99 Å². The second-order valence-corrected chi connectivity index (χ2v) is 4.07. The predicted octanol–water partition coefficient (Wildman–Crippen LogP) is 1.58. The van der Waals surface area contributed by atoms with Crippen molar-refractivity contribution in [2.24, 2.45) is 10.7 Å². The van der Waals surface area contributed by atoms with E-state index in [0.29, 0.717) is 5.84 Å². The lowest BCUT2D eigenvalue weighted by Gasteiger charge is -2.38. The Hall–Kier alpha value is -1.51. The zero-order valence-electron chi connectivity index (χ0n) is 8.78. The minimum Gasteiger partial charge on any atom is -0.383 e. The van der Waals surface area contributed by atoms with Crippen molar-refractivity contribution in [1.29, 1.82) is 0 Å². The third-order valence-electron chi connectivity index (χ3n) is 2.76. The Kier molecular flexibility index (Phi) is 1.77. The van der Waals surface area contributed by atoms with Crippen molar-refractivity contribution < 1.29 is 0 Å². The monoisotopic (exact) mass is 189 g/mol. The molecule has 0 aliphatic carbocycles. The van der Waals surface area contributed by atoms with Crippen LogP contribution in [0.4, 0.5) is 5.69 Å². The molecule has 1 aliphatic heterocycles. The molecule has 0 saturated carbocycles. The maximum atomic E-state index is 5.91. The highest BCUT2D eigenvalue weighted by Gasteiger charge is 2.29. The Balaban J connectivity index is 2.63. The van der Waals surface area contributed by atoms with Crippen LogP contribution in [0.1, 0.15) is 19.4 Å². The van der Waals surface area contributed by atoms with Gasteiger partial charge in [0.25, 0.3) is 0 Å². The summed E-state index contributed by atoms with van der Waals surface area (Å²) in [7, 11) is 2.04. The highest BCUT2D eigenvalue weighted by Crippen LogP contribution is 2.31. The van der Waals surface area contributed by atoms with Crippen LogP contribution in [0.25, 0.3) is 0 Å². The van der Waals surface area contributed by atoms with Crippen molar-refractivity contribution in [3.8, 4) is 0 Å². The van der Waals surface area contributed by atoms with Gasteiger partial charge in [0.05, 0.1) is 0 Å². The molecule has 1 aliphatic rings. The fourth-order valence-electron chi connectivity index (χ4n) is 1.71. The van der Waals surface area contributed by atoms with Crippen LogP contribution in [-0.4, -0.2) is 18.5 Å². The van der Waals surface area contributed by atoms with Crippen LogP contribution in [0.3, 0.4) is 0 Å². The van der Waals surface area contributed by atoms with Crippen molar-refractivity contribution in [2.75, 3.05) is 11.9 Å². The van der Waals surface area contributed by atoms with E-state index in [2.05, 4.69) is 29.8 Å². The van der Waals surface area contributed by atoms with E-state index >= 15 is 0 Å². The van der Waals surface area contributed by atoms with Crippen molar-refractivity contribution in [3.63, 3.8) is 0 Å². The minimum atomic E-state index is -0.252. The van der Waals surface area contributed by atoms with Crippen molar-refractivity contribution >= 4 is 11.5 Å². The third kappa shape index (κ3) is 1.16. The number of anilines is 1. The number of para-hydroxylation sites is 1. The summed E-state index contributed by atoms with van der Waals surface area (Å²) in [4.78, 5) is 6.59. The minimum absolute atomic E-state index is 0.252. The molecule has 0 atom stereocenters. The first-order valence-corrected chi connectivity index (χ1v) is 4.71. The highest BCUT2D eigenvalue weighted by molar-refractivity contribution is 6.04. The SMILES string of the molecule is CN1c2ccccc2C(N)=NC1(C)C. The van der Waals surface area contributed by atoms with Crippen LogP contribution in [0.5, 0.6) is 0 Å². The van der Waals surface area contributed by atoms with E-state index in [-0.39, 0.29) is 5.66 Å². The second-order valence-electron chi connectivity index (χ2n) is 4.07. The highest BCUT2D eigenvalue weighted by atomic mass is 15.3. The molecule has 2 rings (SSSR count). The van der Waals surface area contributed by atoms with Crippen molar-refractivity contribution in [1.82, 2.24) is 0 Å². The largest absolute Gasteiger partial charge is 0.383 e. The molecule has 1 aromatic rings. The average Bonchev–Trinajstić information content (AvgIpc) is 2.14. The van der Waals surface area contributed by atoms with Crippen LogP contribution >= 0.6 is 0 Å². The summed E-state index contributed by atoms with van der Waals surface area (Å²) in [6.07, 6.45) is 0. The predicted molar refractivity (Wildman–Crippen MR) is 59.6 cm³/mol. The Bertz CT molecular complexity index is 393. The van der Waals surface area contributed by atoms with Gasteiger partial charge in [-0.3, -0.25) is 0 Å². The Morgan fingerprint density at radius 1 is 1.29 bits per heavy atom. The van der Waals surface area contributed by atoms with Gasteiger partial charge in [0, 0.05) is 18.3 Å². The quantitative estimate of drug-likeness (QED) is 0.673. The molecule has 0 amide bonds. The standard InChI is InChI=1S/C11H15N3/c1-11(2)13-10(12)8-6-4-5-7-9(8)14(11)3/h4-7H,1-3H3,(H2,12,13). The van der Waals surface area contributed by atoms with Crippen LogP contribution < -0.4 is 10.6 Å². The van der Waals surface area contributed by atoms with E-state index in [1.807, 2.05) is 25.2 Å². The topological polar surface area (TPSA) is 41.6 Å². The first-order chi connectivity index (χ1) is 6.52. The molecular weight excluding hydrogens is 174 g/mol. The Labute approximate surface area is 84.2 Å². The van der Waals surface area contributed by atoms with Gasteiger partial charge in [-0.1, -0.05) is 12.1 Å². The number of hydrogen-bond acceptors (Lipinski definition) is 3. The van der Waals surface area contributed by atoms with Gasteiger partial charge < -0.3 is 10.6 Å². The summed E-state index contributed by atoms with van der Waals surface area (Å²) >= 11 is 0. The van der Waals surface area contributed by atoms with E-state index in [0.717, 1.165) is 11.3 Å². The van der Waals surface area contributed by atoms with Crippen LogP contribution in [-0.2, 0) is 0 Å². The molecule has 0 fully saturated rings. The number of rotatable bonds is 0. The van der Waals surface area contributed by atoms with Crippen molar-refractivity contribution in [3.05, 3.63) is 29.8 Å². The number of aliphatic imine (C=N–C) groups is 1. The van der Waals surface area contributed by atoms with Gasteiger partial charge in [-0.15, -0.1) is 0 Å². The number of nitrogens with zero attached hydrogens (tertiary/aromatic N) is 2. The second kappa shape index (κ2) is 2.74. The summed E-state index contributed by atoms with van der Waals surface area (Å²) < 4.78 is 0. The first-order valence-electron chi connectivity index (χ1n) is 4.71. The Morgan fingerprint density at radius 2 is 1.93 bits per heavy atom. The number of nitrogens with two attached hydrogens (primary N) is 1. The maximum Gasteiger partial charge on any atom is 0.130 e. The fraction of sp³-hybridized carbons (Fsp3) is 0.364. The summed E-state index contributed by atoms with van der Waals surface area (Å²) in [6, 6.07) is 8.07. The molecule has 0 spiro atoms. The van der Waals surface area contributed by atoms with E-state index in [1.165, 1.54) is 0 Å². The van der Waals surface area contributed by atoms with E-state index < -0.39 is 0 Å². The molecule has 0 aromatic heterocycles. The zero-order chi connectivity index (χ0) is 10.3. The van der Waals surface area contributed by atoms with Gasteiger partial charge >= 0.3 is 0 Å². The van der Waals surface area contributed by atoms with Crippen LogP contribution in [0.15, 0.2) is 29.3 Å². The average molecular weight is 189 g/mol. The van der Waals surface area contributed by atoms with Crippen molar-refractivity contribution in [2.45, 2.75) is 19.5 Å². The molecule has 0 saturated heterocycles. The van der Waals surface area contributed by atoms with Crippen LogP contribution in [0.2, 0.25) is 0 Å². The molecule has 0 radical (unpaired) electrons. The van der Waals surface area contributed by atoms with Crippen LogP contribution in [0, 0.1) is 0 Å². The van der Waals surface area contributed by atoms with E-state index in [4.69, 9.17) is 5.73 Å². The molecule has 3 nitrogen and oxygen atoms in total. The maximum absolute atomic E-state index is 5.91. The molecule has 3 heteroatoms. The van der Waals surface area contributed by atoms with E-state index in [9.17, 15) is 0 Å². The number of fused-ring (bicyclic) bond motifs is 1. The number of hydrogen-bond donors (Lipinski definition) is 1. The lowest BCUT2D eigenvalue weighted by Crippen LogP contribution is -2.45. The summed E-state index contributed by atoms with van der Waals surface area (Å²) in [5.41, 5.74) is 7.82. The molecule has 1 heterocycles. The third-order valence-corrected chi connectivity index (χ3v) is 2.76. The molecule has 14 heavy (non-hydrogen) atoms. The molecular formula is C11H15N3. The normalized spacial score (nSPS) is 18.8. The number of benzene rings is 1.